The smallest absolute Gasteiger partial charge is 0.223 e. The van der Waals surface area contributed by atoms with Crippen LogP contribution in [-0.2, 0) is 4.79 Å². The number of carbonyl (C=O) groups excluding carboxylic acids is 1. The Hall–Kier alpha value is -0.960. The molecule has 1 aromatic rings. The molecular weight excluding hydrogens is 218 g/mol. The molecule has 1 amide bonds. The van der Waals surface area contributed by atoms with E-state index in [0.29, 0.717) is 0 Å². The Kier molecular flexibility index (Phi) is 3.54. The van der Waals surface area contributed by atoms with Gasteiger partial charge in [0.2, 0.25) is 5.91 Å². The molecule has 0 aromatic heterocycles. The highest BCUT2D eigenvalue weighted by molar-refractivity contribution is 7.99. The summed E-state index contributed by atoms with van der Waals surface area (Å²) in [4.78, 5) is 13.0. The number of amides is 1. The lowest BCUT2D eigenvalue weighted by Gasteiger charge is -2.26. The van der Waals surface area contributed by atoms with Gasteiger partial charge in [0.1, 0.15) is 0 Å². The first-order chi connectivity index (χ1) is 7.68. The Morgan fingerprint density at radius 2 is 2.19 bits per heavy atom. The van der Waals surface area contributed by atoms with E-state index in [4.69, 9.17) is 0 Å². The molecule has 2 nitrogen and oxygen atoms in total. The molecule has 0 spiro atoms. The SMILES string of the molecule is CC(C)C(=O)NC1CCSc2ccccc21. The van der Waals surface area contributed by atoms with Crippen LogP contribution in [0.2, 0.25) is 0 Å². The maximum atomic E-state index is 11.7. The van der Waals surface area contributed by atoms with Crippen molar-refractivity contribution < 1.29 is 4.79 Å². The fourth-order valence-electron chi connectivity index (χ4n) is 1.83. The minimum absolute atomic E-state index is 0.0572. The normalized spacial score (nSPS) is 19.3. The Morgan fingerprint density at radius 1 is 1.44 bits per heavy atom. The summed E-state index contributed by atoms with van der Waals surface area (Å²) >= 11 is 1.88. The van der Waals surface area contributed by atoms with Gasteiger partial charge in [-0.1, -0.05) is 32.0 Å². The van der Waals surface area contributed by atoms with Crippen LogP contribution in [0.5, 0.6) is 0 Å². The third-order valence-electron chi connectivity index (χ3n) is 2.80. The van der Waals surface area contributed by atoms with Crippen molar-refractivity contribution in [2.75, 3.05) is 5.75 Å². The zero-order chi connectivity index (χ0) is 11.5. The van der Waals surface area contributed by atoms with Gasteiger partial charge in [-0.15, -0.1) is 11.8 Å². The molecule has 86 valence electrons. The van der Waals surface area contributed by atoms with Crippen LogP contribution in [-0.4, -0.2) is 11.7 Å². The summed E-state index contributed by atoms with van der Waals surface area (Å²) in [5.74, 6) is 1.29. The van der Waals surface area contributed by atoms with Crippen LogP contribution in [0.4, 0.5) is 0 Å². The number of nitrogens with one attached hydrogen (secondary N) is 1. The quantitative estimate of drug-likeness (QED) is 0.853. The number of fused-ring (bicyclic) bond motifs is 1. The van der Waals surface area contributed by atoms with Gasteiger partial charge in [-0.05, 0) is 18.1 Å². The standard InChI is InChI=1S/C13H17NOS/c1-9(2)13(15)14-11-7-8-16-12-6-4-3-5-10(11)12/h3-6,9,11H,7-8H2,1-2H3,(H,14,15). The molecule has 1 aliphatic rings. The van der Waals surface area contributed by atoms with Gasteiger partial charge in [0.15, 0.2) is 0 Å². The van der Waals surface area contributed by atoms with E-state index >= 15 is 0 Å². The molecule has 1 aliphatic heterocycles. The molecule has 0 fully saturated rings. The lowest BCUT2D eigenvalue weighted by molar-refractivity contribution is -0.124. The maximum absolute atomic E-state index is 11.7. The zero-order valence-electron chi connectivity index (χ0n) is 9.69. The number of rotatable bonds is 2. The highest BCUT2D eigenvalue weighted by Crippen LogP contribution is 2.35. The highest BCUT2D eigenvalue weighted by Gasteiger charge is 2.22. The summed E-state index contributed by atoms with van der Waals surface area (Å²) < 4.78 is 0. The predicted octanol–water partition coefficient (Wildman–Crippen LogP) is 3.00. The largest absolute Gasteiger partial charge is 0.349 e. The van der Waals surface area contributed by atoms with Crippen molar-refractivity contribution in [3.63, 3.8) is 0 Å². The molecule has 1 heterocycles. The first kappa shape index (κ1) is 11.5. The topological polar surface area (TPSA) is 29.1 Å². The van der Waals surface area contributed by atoms with Gasteiger partial charge in [0, 0.05) is 16.6 Å². The monoisotopic (exact) mass is 235 g/mol. The third kappa shape index (κ3) is 2.40. The molecule has 2 rings (SSSR count). The summed E-state index contributed by atoms with van der Waals surface area (Å²) in [6, 6.07) is 8.55. The Balaban J connectivity index is 2.16. The molecule has 0 saturated heterocycles. The van der Waals surface area contributed by atoms with Crippen molar-refractivity contribution in [2.24, 2.45) is 5.92 Å². The van der Waals surface area contributed by atoms with Crippen LogP contribution in [0.25, 0.3) is 0 Å². The molecule has 0 bridgehead atoms. The van der Waals surface area contributed by atoms with Crippen LogP contribution in [0.15, 0.2) is 29.2 Å². The fraction of sp³-hybridized carbons (Fsp3) is 0.462. The van der Waals surface area contributed by atoms with Crippen molar-refractivity contribution >= 4 is 17.7 Å². The van der Waals surface area contributed by atoms with E-state index in [1.165, 1.54) is 10.5 Å². The molecule has 1 atom stereocenters. The van der Waals surface area contributed by atoms with E-state index in [1.807, 2.05) is 31.7 Å². The van der Waals surface area contributed by atoms with Gasteiger partial charge in [-0.25, -0.2) is 0 Å². The summed E-state index contributed by atoms with van der Waals surface area (Å²) in [5, 5.41) is 3.12. The van der Waals surface area contributed by atoms with Crippen molar-refractivity contribution in [3.05, 3.63) is 29.8 Å². The maximum Gasteiger partial charge on any atom is 0.223 e. The lowest BCUT2D eigenvalue weighted by Crippen LogP contribution is -2.33. The van der Waals surface area contributed by atoms with E-state index in [2.05, 4.69) is 23.5 Å². The van der Waals surface area contributed by atoms with Gasteiger partial charge < -0.3 is 5.32 Å². The number of thioether (sulfide) groups is 1. The molecule has 0 aliphatic carbocycles. The van der Waals surface area contributed by atoms with Crippen molar-refractivity contribution in [1.29, 1.82) is 0 Å². The van der Waals surface area contributed by atoms with Gasteiger partial charge in [0.25, 0.3) is 0 Å². The van der Waals surface area contributed by atoms with E-state index in [0.717, 1.165) is 12.2 Å². The van der Waals surface area contributed by atoms with Crippen LogP contribution in [0.3, 0.4) is 0 Å². The van der Waals surface area contributed by atoms with Gasteiger partial charge in [-0.3, -0.25) is 4.79 Å². The number of hydrogen-bond donors (Lipinski definition) is 1. The average Bonchev–Trinajstić information content (AvgIpc) is 2.29. The van der Waals surface area contributed by atoms with E-state index in [1.54, 1.807) is 0 Å². The summed E-state index contributed by atoms with van der Waals surface area (Å²) in [7, 11) is 0. The summed E-state index contributed by atoms with van der Waals surface area (Å²) in [5.41, 5.74) is 1.27. The lowest BCUT2D eigenvalue weighted by atomic mass is 10.0. The number of hydrogen-bond acceptors (Lipinski definition) is 2. The fourth-order valence-corrected chi connectivity index (χ4v) is 2.96. The second-order valence-electron chi connectivity index (χ2n) is 4.39. The first-order valence-corrected chi connectivity index (χ1v) is 6.69. The predicted molar refractivity (Wildman–Crippen MR) is 67.5 cm³/mol. The van der Waals surface area contributed by atoms with E-state index in [-0.39, 0.29) is 17.9 Å². The van der Waals surface area contributed by atoms with Crippen LogP contribution in [0, 0.1) is 5.92 Å². The van der Waals surface area contributed by atoms with Crippen molar-refractivity contribution in [1.82, 2.24) is 5.32 Å². The zero-order valence-corrected chi connectivity index (χ0v) is 10.5. The third-order valence-corrected chi connectivity index (χ3v) is 3.92. The second-order valence-corrected chi connectivity index (χ2v) is 5.53. The summed E-state index contributed by atoms with van der Waals surface area (Å²) in [6.45, 7) is 3.86. The van der Waals surface area contributed by atoms with Gasteiger partial charge in [0.05, 0.1) is 6.04 Å². The molecule has 16 heavy (non-hydrogen) atoms. The van der Waals surface area contributed by atoms with Crippen LogP contribution < -0.4 is 5.32 Å². The van der Waals surface area contributed by atoms with E-state index < -0.39 is 0 Å². The summed E-state index contributed by atoms with van der Waals surface area (Å²) in [6.07, 6.45) is 1.03. The van der Waals surface area contributed by atoms with Crippen LogP contribution >= 0.6 is 11.8 Å². The number of carbonyl (C=O) groups is 1. The molecule has 0 radical (unpaired) electrons. The molecule has 1 unspecified atom stereocenters. The minimum atomic E-state index is 0.0572. The Bertz CT molecular complexity index is 389. The first-order valence-electron chi connectivity index (χ1n) is 5.70. The van der Waals surface area contributed by atoms with Crippen molar-refractivity contribution in [3.8, 4) is 0 Å². The minimum Gasteiger partial charge on any atom is -0.349 e. The van der Waals surface area contributed by atoms with E-state index in [9.17, 15) is 4.79 Å². The van der Waals surface area contributed by atoms with Crippen LogP contribution in [0.1, 0.15) is 31.9 Å². The van der Waals surface area contributed by atoms with Crippen molar-refractivity contribution in [2.45, 2.75) is 31.2 Å². The number of benzene rings is 1. The Morgan fingerprint density at radius 3 is 2.94 bits per heavy atom. The molecule has 3 heteroatoms. The van der Waals surface area contributed by atoms with Gasteiger partial charge in [-0.2, -0.15) is 0 Å². The Labute approximate surface area is 101 Å². The molecular formula is C13H17NOS. The molecule has 1 N–H and O–H groups in total. The second kappa shape index (κ2) is 4.91. The van der Waals surface area contributed by atoms with Gasteiger partial charge >= 0.3 is 0 Å². The molecule has 0 saturated carbocycles. The average molecular weight is 235 g/mol. The molecule has 1 aromatic carbocycles. The highest BCUT2D eigenvalue weighted by atomic mass is 32.2.